The summed E-state index contributed by atoms with van der Waals surface area (Å²) in [5.41, 5.74) is 11.2. The Kier molecular flexibility index (Phi) is 7.56. The molecule has 6 bridgehead atoms. The number of hydrogen-bond donors (Lipinski definition) is 4. The normalized spacial score (nSPS) is 15.0. The van der Waals surface area contributed by atoms with Crippen molar-refractivity contribution in [3.05, 3.63) is 83.0 Å². The van der Waals surface area contributed by atoms with Gasteiger partial charge in [-0.05, 0) is 79.1 Å². The number of hydrogen-bond acceptors (Lipinski definition) is 8. The molecule has 0 unspecified atom stereocenters. The van der Waals surface area contributed by atoms with Gasteiger partial charge in [-0.25, -0.2) is 9.37 Å². The fourth-order valence-corrected chi connectivity index (χ4v) is 5.53. The van der Waals surface area contributed by atoms with Crippen LogP contribution in [0.1, 0.15) is 30.4 Å². The molecule has 2 aliphatic rings. The molecule has 0 spiro atoms. The Hall–Kier alpha value is -4.44. The van der Waals surface area contributed by atoms with Crippen LogP contribution in [-0.4, -0.2) is 33.9 Å². The topological polar surface area (TPSA) is 121 Å². The van der Waals surface area contributed by atoms with E-state index in [2.05, 4.69) is 35.8 Å². The van der Waals surface area contributed by atoms with Crippen molar-refractivity contribution >= 4 is 57.7 Å². The van der Waals surface area contributed by atoms with Crippen molar-refractivity contribution in [1.82, 2.24) is 15.0 Å². The van der Waals surface area contributed by atoms with Gasteiger partial charge in [0, 0.05) is 37.1 Å². The largest absolute Gasteiger partial charge is 0.395 e. The van der Waals surface area contributed by atoms with Crippen molar-refractivity contribution in [1.29, 1.82) is 0 Å². The number of benzene rings is 2. The van der Waals surface area contributed by atoms with Crippen LogP contribution in [0.2, 0.25) is 5.02 Å². The molecule has 1 amide bonds. The van der Waals surface area contributed by atoms with E-state index in [0.29, 0.717) is 29.6 Å². The molecule has 0 radical (unpaired) electrons. The van der Waals surface area contributed by atoms with Crippen LogP contribution in [0, 0.1) is 11.7 Å². The molecule has 210 valence electrons. The second-order valence-corrected chi connectivity index (χ2v) is 10.9. The van der Waals surface area contributed by atoms with E-state index >= 15 is 0 Å². The molecule has 0 aliphatic carbocycles. The van der Waals surface area contributed by atoms with E-state index in [-0.39, 0.29) is 17.5 Å². The van der Waals surface area contributed by atoms with E-state index in [1.54, 1.807) is 18.5 Å². The maximum Gasteiger partial charge on any atom is 0.229 e. The summed E-state index contributed by atoms with van der Waals surface area (Å²) in [4.78, 5) is 28.4. The number of carbonyl (C=O) groups excluding carboxylic acids is 1. The molecule has 6 rings (SSSR count). The molecular weight excluding hydrogens is 543 g/mol. The number of halogens is 2. The van der Waals surface area contributed by atoms with Gasteiger partial charge >= 0.3 is 0 Å². The minimum Gasteiger partial charge on any atom is -0.395 e. The Morgan fingerprint density at radius 1 is 1.07 bits per heavy atom. The Balaban J connectivity index is 1.16. The number of aryl methyl sites for hydroxylation is 2. The molecule has 5 N–H and O–H groups in total. The number of piperidine rings is 1. The zero-order valence-electron chi connectivity index (χ0n) is 22.3. The zero-order chi connectivity index (χ0) is 28.3. The molecule has 41 heavy (non-hydrogen) atoms. The number of amides is 1. The van der Waals surface area contributed by atoms with Crippen molar-refractivity contribution in [2.45, 2.75) is 32.1 Å². The first-order chi connectivity index (χ1) is 19.9. The molecule has 2 aliphatic heterocycles. The number of aromatic nitrogens is 3. The van der Waals surface area contributed by atoms with E-state index < -0.39 is 5.82 Å². The third kappa shape index (κ3) is 6.17. The fraction of sp³-hybridized carbons (Fsp3) is 0.267. The highest BCUT2D eigenvalue weighted by Crippen LogP contribution is 2.32. The van der Waals surface area contributed by atoms with Crippen LogP contribution in [0.4, 0.5) is 44.6 Å². The van der Waals surface area contributed by atoms with Gasteiger partial charge in [-0.15, -0.1) is 0 Å². The van der Waals surface area contributed by atoms with Crippen LogP contribution >= 0.6 is 11.6 Å². The van der Waals surface area contributed by atoms with Gasteiger partial charge < -0.3 is 26.6 Å². The highest BCUT2D eigenvalue weighted by Gasteiger charge is 2.24. The number of nitrogen functional groups attached to an aromatic ring is 1. The summed E-state index contributed by atoms with van der Waals surface area (Å²) in [6.07, 6.45) is 8.61. The Bertz CT molecular complexity index is 1590. The maximum atomic E-state index is 13.9. The van der Waals surface area contributed by atoms with Gasteiger partial charge in [0.25, 0.3) is 0 Å². The molecule has 4 aromatic rings. The Labute approximate surface area is 242 Å². The number of nitrogens with two attached hydrogens (primary N) is 1. The van der Waals surface area contributed by atoms with Crippen LogP contribution in [0.25, 0.3) is 0 Å². The van der Waals surface area contributed by atoms with Crippen molar-refractivity contribution in [2.24, 2.45) is 5.92 Å². The van der Waals surface area contributed by atoms with Crippen LogP contribution < -0.4 is 26.6 Å². The Morgan fingerprint density at radius 3 is 2.78 bits per heavy atom. The lowest BCUT2D eigenvalue weighted by Crippen LogP contribution is -2.35. The number of para-hydroxylation sites is 1. The smallest absolute Gasteiger partial charge is 0.229 e. The van der Waals surface area contributed by atoms with Gasteiger partial charge in [-0.2, -0.15) is 4.98 Å². The quantitative estimate of drug-likeness (QED) is 0.217. The second kappa shape index (κ2) is 11.6. The third-order valence-electron chi connectivity index (χ3n) is 7.58. The summed E-state index contributed by atoms with van der Waals surface area (Å²) in [7, 11) is 0. The first kappa shape index (κ1) is 26.8. The van der Waals surface area contributed by atoms with E-state index in [0.717, 1.165) is 66.2 Å². The average molecular weight is 573 g/mol. The van der Waals surface area contributed by atoms with Crippen molar-refractivity contribution < 1.29 is 9.18 Å². The predicted molar refractivity (Wildman–Crippen MR) is 161 cm³/mol. The van der Waals surface area contributed by atoms with Gasteiger partial charge in [0.1, 0.15) is 10.8 Å². The summed E-state index contributed by atoms with van der Waals surface area (Å²) in [5, 5.41) is 10.0. The number of fused-ring (bicyclic) bond motifs is 6. The van der Waals surface area contributed by atoms with Gasteiger partial charge in [-0.3, -0.25) is 9.78 Å². The summed E-state index contributed by atoms with van der Waals surface area (Å²) >= 11 is 6.37. The minimum atomic E-state index is -0.403. The highest BCUT2D eigenvalue weighted by molar-refractivity contribution is 6.32. The van der Waals surface area contributed by atoms with Gasteiger partial charge in [0.15, 0.2) is 5.82 Å². The molecule has 0 atom stereocenters. The minimum absolute atomic E-state index is 0.0232. The van der Waals surface area contributed by atoms with Crippen molar-refractivity contribution in [3.63, 3.8) is 0 Å². The van der Waals surface area contributed by atoms with Gasteiger partial charge in [-0.1, -0.05) is 17.7 Å². The molecular formula is C30H30ClFN8O. The molecule has 1 fully saturated rings. The average Bonchev–Trinajstić information content (AvgIpc) is 2.97. The van der Waals surface area contributed by atoms with Gasteiger partial charge in [0.2, 0.25) is 11.9 Å². The van der Waals surface area contributed by atoms with Crippen LogP contribution in [0.5, 0.6) is 0 Å². The van der Waals surface area contributed by atoms with Crippen LogP contribution in [0.3, 0.4) is 0 Å². The van der Waals surface area contributed by atoms with E-state index in [1.807, 2.05) is 36.5 Å². The summed E-state index contributed by atoms with van der Waals surface area (Å²) in [6.45, 7) is 1.46. The molecule has 0 saturated carbocycles. The number of rotatable bonds is 4. The highest BCUT2D eigenvalue weighted by atomic mass is 35.5. The molecule has 11 heteroatoms. The number of nitrogens with one attached hydrogen (secondary N) is 3. The summed E-state index contributed by atoms with van der Waals surface area (Å²) in [6, 6.07) is 12.7. The third-order valence-corrected chi connectivity index (χ3v) is 7.86. The monoisotopic (exact) mass is 572 g/mol. The van der Waals surface area contributed by atoms with E-state index in [1.165, 1.54) is 6.07 Å². The number of carbonyl (C=O) groups is 1. The lowest BCUT2D eigenvalue weighted by atomic mass is 9.92. The fourth-order valence-electron chi connectivity index (χ4n) is 5.40. The van der Waals surface area contributed by atoms with Crippen LogP contribution in [0.15, 0.2) is 61.1 Å². The number of anilines is 7. The molecule has 4 heterocycles. The lowest BCUT2D eigenvalue weighted by molar-refractivity contribution is -0.117. The first-order valence-corrected chi connectivity index (χ1v) is 14.0. The first-order valence-electron chi connectivity index (χ1n) is 13.6. The second-order valence-electron chi connectivity index (χ2n) is 10.4. The summed E-state index contributed by atoms with van der Waals surface area (Å²) < 4.78 is 13.9. The molecule has 9 nitrogen and oxygen atoms in total. The van der Waals surface area contributed by atoms with Crippen molar-refractivity contribution in [2.75, 3.05) is 39.7 Å². The lowest BCUT2D eigenvalue weighted by Gasteiger charge is -2.34. The summed E-state index contributed by atoms with van der Waals surface area (Å²) in [5.74, 6) is 0.692. The van der Waals surface area contributed by atoms with Crippen LogP contribution in [-0.2, 0) is 17.6 Å². The van der Waals surface area contributed by atoms with Gasteiger partial charge in [0.05, 0.1) is 29.5 Å². The SMILES string of the molecule is Nc1c(F)cccc1N1CCC(CC(=O)Nc2ccc3cc2CCc2cncc(c2)Nc2ncc(Cl)c(n2)N3)CC1. The maximum absolute atomic E-state index is 13.9. The molecule has 2 aromatic carbocycles. The van der Waals surface area contributed by atoms with Crippen molar-refractivity contribution in [3.8, 4) is 0 Å². The predicted octanol–water partition coefficient (Wildman–Crippen LogP) is 6.08. The van der Waals surface area contributed by atoms with E-state index in [9.17, 15) is 9.18 Å². The number of pyridine rings is 1. The zero-order valence-corrected chi connectivity index (χ0v) is 23.1. The molecule has 1 saturated heterocycles. The molecule has 2 aromatic heterocycles. The van der Waals surface area contributed by atoms with E-state index in [4.69, 9.17) is 17.3 Å². The Morgan fingerprint density at radius 2 is 1.93 bits per heavy atom. The number of nitrogens with zero attached hydrogens (tertiary/aromatic N) is 4. The standard InChI is InChI=1S/C30H30ClFN8O/c31-23-17-35-30-37-22-12-19(15-34-16-22)4-5-20-14-21(36-29(23)39-30)6-7-25(20)38-27(41)13-18-8-10-40(11-9-18)26-3-1-2-24(32)28(26)33/h1-3,6-7,12,14-18H,4-5,8-11,13,33H2,(H,38,41)(H2,35,36,37,39).